The summed E-state index contributed by atoms with van der Waals surface area (Å²) in [6.07, 6.45) is 5.68. The average Bonchev–Trinajstić information content (AvgIpc) is 2.19. The Morgan fingerprint density at radius 1 is 1.31 bits per heavy atom. The van der Waals surface area contributed by atoms with E-state index in [2.05, 4.69) is 14.9 Å². The molecular weight excluding hydrogens is 182 g/mol. The van der Waals surface area contributed by atoms with Crippen molar-refractivity contribution in [2.75, 3.05) is 18.0 Å². The van der Waals surface area contributed by atoms with Crippen molar-refractivity contribution in [1.82, 2.24) is 9.97 Å². The third-order valence-corrected chi connectivity index (χ3v) is 2.56. The van der Waals surface area contributed by atoms with Crippen molar-refractivity contribution in [3.05, 3.63) is 17.0 Å². The Balaban J connectivity index is 2.19. The van der Waals surface area contributed by atoms with Crippen LogP contribution in [0.15, 0.2) is 12.3 Å². The van der Waals surface area contributed by atoms with E-state index in [1.165, 1.54) is 19.3 Å². The molecule has 1 saturated heterocycles. The minimum absolute atomic E-state index is 0.572. The molecule has 4 heteroatoms. The van der Waals surface area contributed by atoms with Crippen molar-refractivity contribution in [2.24, 2.45) is 0 Å². The Morgan fingerprint density at radius 3 is 2.77 bits per heavy atom. The summed E-state index contributed by atoms with van der Waals surface area (Å²) in [6, 6.07) is 1.99. The van der Waals surface area contributed by atoms with Gasteiger partial charge in [0, 0.05) is 19.3 Å². The Hall–Kier alpha value is -0.900. The van der Waals surface area contributed by atoms with E-state index in [0.29, 0.717) is 4.77 Å². The van der Waals surface area contributed by atoms with Gasteiger partial charge in [0.1, 0.15) is 5.82 Å². The molecule has 0 unspecified atom stereocenters. The highest BCUT2D eigenvalue weighted by molar-refractivity contribution is 7.71. The molecular formula is C9H13N3S. The summed E-state index contributed by atoms with van der Waals surface area (Å²) in [6.45, 7) is 2.27. The lowest BCUT2D eigenvalue weighted by Gasteiger charge is -2.27. The minimum atomic E-state index is 0.572. The molecule has 1 aliphatic heterocycles. The molecule has 0 atom stereocenters. The van der Waals surface area contributed by atoms with Crippen LogP contribution in [0.4, 0.5) is 5.82 Å². The number of piperidine rings is 1. The van der Waals surface area contributed by atoms with Gasteiger partial charge in [0.25, 0.3) is 0 Å². The van der Waals surface area contributed by atoms with Gasteiger partial charge in [-0.2, -0.15) is 0 Å². The molecule has 3 nitrogen and oxygen atoms in total. The molecule has 0 radical (unpaired) electrons. The van der Waals surface area contributed by atoms with E-state index in [1.54, 1.807) is 6.20 Å². The number of nitrogens with one attached hydrogen (secondary N) is 1. The Labute approximate surface area is 82.8 Å². The van der Waals surface area contributed by atoms with Crippen molar-refractivity contribution in [3.63, 3.8) is 0 Å². The van der Waals surface area contributed by atoms with Crippen LogP contribution in [-0.4, -0.2) is 23.1 Å². The summed E-state index contributed by atoms with van der Waals surface area (Å²) in [5, 5.41) is 0. The zero-order valence-electron chi connectivity index (χ0n) is 7.49. The predicted molar refractivity (Wildman–Crippen MR) is 55.5 cm³/mol. The first-order valence-electron chi connectivity index (χ1n) is 4.66. The molecule has 1 aromatic heterocycles. The zero-order chi connectivity index (χ0) is 9.10. The number of aromatic amines is 1. The van der Waals surface area contributed by atoms with Gasteiger partial charge in [0.2, 0.25) is 0 Å². The molecule has 0 spiro atoms. The fourth-order valence-corrected chi connectivity index (χ4v) is 1.84. The fourth-order valence-electron chi connectivity index (χ4n) is 1.68. The first-order valence-corrected chi connectivity index (χ1v) is 5.07. The highest BCUT2D eigenvalue weighted by Gasteiger charge is 2.10. The number of anilines is 1. The highest BCUT2D eigenvalue weighted by Crippen LogP contribution is 2.15. The Kier molecular flexibility index (Phi) is 2.59. The maximum atomic E-state index is 4.98. The highest BCUT2D eigenvalue weighted by atomic mass is 32.1. The molecule has 0 bridgehead atoms. The molecule has 0 saturated carbocycles. The third kappa shape index (κ3) is 2.06. The molecule has 0 amide bonds. The van der Waals surface area contributed by atoms with E-state index in [4.69, 9.17) is 12.2 Å². The SMILES string of the molecule is S=c1nccc(N2CCCCC2)[nH]1. The van der Waals surface area contributed by atoms with E-state index in [1.807, 2.05) is 6.07 Å². The maximum absolute atomic E-state index is 4.98. The van der Waals surface area contributed by atoms with Gasteiger partial charge in [-0.25, -0.2) is 4.98 Å². The summed E-state index contributed by atoms with van der Waals surface area (Å²) < 4.78 is 0.572. The second kappa shape index (κ2) is 3.87. The second-order valence-electron chi connectivity index (χ2n) is 3.31. The summed E-state index contributed by atoms with van der Waals surface area (Å²) in [5.41, 5.74) is 0. The van der Waals surface area contributed by atoms with Crippen molar-refractivity contribution in [2.45, 2.75) is 19.3 Å². The molecule has 70 valence electrons. The van der Waals surface area contributed by atoms with Crippen LogP contribution in [0, 0.1) is 4.77 Å². The van der Waals surface area contributed by atoms with Gasteiger partial charge in [-0.3, -0.25) is 0 Å². The molecule has 13 heavy (non-hydrogen) atoms. The number of hydrogen-bond donors (Lipinski definition) is 1. The van der Waals surface area contributed by atoms with Crippen LogP contribution in [0.3, 0.4) is 0 Å². The van der Waals surface area contributed by atoms with Crippen LogP contribution in [-0.2, 0) is 0 Å². The fraction of sp³-hybridized carbons (Fsp3) is 0.556. The van der Waals surface area contributed by atoms with Crippen molar-refractivity contribution in [1.29, 1.82) is 0 Å². The first-order chi connectivity index (χ1) is 6.36. The van der Waals surface area contributed by atoms with Gasteiger partial charge < -0.3 is 9.88 Å². The quantitative estimate of drug-likeness (QED) is 0.697. The number of nitrogens with zero attached hydrogens (tertiary/aromatic N) is 2. The summed E-state index contributed by atoms with van der Waals surface area (Å²) in [4.78, 5) is 9.41. The van der Waals surface area contributed by atoms with Crippen LogP contribution in [0.1, 0.15) is 19.3 Å². The van der Waals surface area contributed by atoms with Crippen molar-refractivity contribution in [3.8, 4) is 0 Å². The largest absolute Gasteiger partial charge is 0.358 e. The van der Waals surface area contributed by atoms with Crippen LogP contribution >= 0.6 is 12.2 Å². The summed E-state index contributed by atoms with van der Waals surface area (Å²) in [7, 11) is 0. The Bertz CT molecular complexity index is 328. The third-order valence-electron chi connectivity index (χ3n) is 2.36. The summed E-state index contributed by atoms with van der Waals surface area (Å²) >= 11 is 4.98. The zero-order valence-corrected chi connectivity index (χ0v) is 8.31. The van der Waals surface area contributed by atoms with E-state index < -0.39 is 0 Å². The smallest absolute Gasteiger partial charge is 0.198 e. The maximum Gasteiger partial charge on any atom is 0.198 e. The monoisotopic (exact) mass is 195 g/mol. The van der Waals surface area contributed by atoms with E-state index in [-0.39, 0.29) is 0 Å². The predicted octanol–water partition coefficient (Wildman–Crippen LogP) is 2.13. The average molecular weight is 195 g/mol. The molecule has 1 aliphatic rings. The lowest BCUT2D eigenvalue weighted by atomic mass is 10.1. The van der Waals surface area contributed by atoms with Gasteiger partial charge in [-0.1, -0.05) is 0 Å². The van der Waals surface area contributed by atoms with E-state index in [9.17, 15) is 0 Å². The number of rotatable bonds is 1. The van der Waals surface area contributed by atoms with Crippen LogP contribution in [0.5, 0.6) is 0 Å². The van der Waals surface area contributed by atoms with Gasteiger partial charge in [-0.05, 0) is 37.5 Å². The topological polar surface area (TPSA) is 31.9 Å². The van der Waals surface area contributed by atoms with Crippen LogP contribution in [0.25, 0.3) is 0 Å². The van der Waals surface area contributed by atoms with Crippen LogP contribution in [0.2, 0.25) is 0 Å². The molecule has 0 aliphatic carbocycles. The lowest BCUT2D eigenvalue weighted by Crippen LogP contribution is -2.30. The van der Waals surface area contributed by atoms with Crippen LogP contribution < -0.4 is 4.90 Å². The molecule has 1 aromatic rings. The molecule has 2 heterocycles. The Morgan fingerprint density at radius 2 is 2.08 bits per heavy atom. The van der Waals surface area contributed by atoms with Crippen molar-refractivity contribution >= 4 is 18.0 Å². The van der Waals surface area contributed by atoms with Gasteiger partial charge >= 0.3 is 0 Å². The molecule has 1 N–H and O–H groups in total. The van der Waals surface area contributed by atoms with E-state index in [0.717, 1.165) is 18.9 Å². The van der Waals surface area contributed by atoms with Gasteiger partial charge in [-0.15, -0.1) is 0 Å². The number of hydrogen-bond acceptors (Lipinski definition) is 3. The minimum Gasteiger partial charge on any atom is -0.358 e. The number of H-pyrrole nitrogens is 1. The lowest BCUT2D eigenvalue weighted by molar-refractivity contribution is 0.573. The number of aromatic nitrogens is 2. The first kappa shape index (κ1) is 8.69. The molecule has 0 aromatic carbocycles. The van der Waals surface area contributed by atoms with Gasteiger partial charge in [0.15, 0.2) is 4.77 Å². The van der Waals surface area contributed by atoms with E-state index >= 15 is 0 Å². The summed E-state index contributed by atoms with van der Waals surface area (Å²) in [5.74, 6) is 1.11. The second-order valence-corrected chi connectivity index (χ2v) is 3.69. The van der Waals surface area contributed by atoms with Gasteiger partial charge in [0.05, 0.1) is 0 Å². The molecule has 1 fully saturated rings. The standard InChI is InChI=1S/C9H13N3S/c13-9-10-5-4-8(11-9)12-6-2-1-3-7-12/h4-5H,1-3,6-7H2,(H,10,11,13). The normalized spacial score (nSPS) is 17.4. The molecule has 2 rings (SSSR count). The van der Waals surface area contributed by atoms with Crippen molar-refractivity contribution < 1.29 is 0 Å².